The summed E-state index contributed by atoms with van der Waals surface area (Å²) in [5.41, 5.74) is 4.16. The molecule has 0 unspecified atom stereocenters. The third-order valence-electron chi connectivity index (χ3n) is 4.46. The minimum absolute atomic E-state index is 0.179. The van der Waals surface area contributed by atoms with Crippen molar-refractivity contribution in [2.24, 2.45) is 0 Å². The summed E-state index contributed by atoms with van der Waals surface area (Å²) >= 11 is 0. The number of aryl methyl sites for hydroxylation is 3. The topological polar surface area (TPSA) is 0 Å². The number of halogens is 2. The van der Waals surface area contributed by atoms with Gasteiger partial charge in [-0.25, -0.2) is 8.78 Å². The van der Waals surface area contributed by atoms with Gasteiger partial charge in [-0.1, -0.05) is 75.2 Å². The average Bonchev–Trinajstić information content (AvgIpc) is 2.65. The largest absolute Gasteiger partial charge is 0.209 e. The van der Waals surface area contributed by atoms with Gasteiger partial charge >= 0.3 is 0 Å². The molecule has 0 radical (unpaired) electrons. The quantitative estimate of drug-likeness (QED) is 0.451. The Kier molecular flexibility index (Phi) is 7.84. The predicted molar refractivity (Wildman–Crippen MR) is 103 cm³/mol. The van der Waals surface area contributed by atoms with Crippen LogP contribution in [0.15, 0.2) is 54.4 Å². The Morgan fingerprint density at radius 3 is 1.64 bits per heavy atom. The van der Waals surface area contributed by atoms with Crippen LogP contribution < -0.4 is 0 Å². The maximum absolute atomic E-state index is 14.0. The Balaban J connectivity index is 1.93. The van der Waals surface area contributed by atoms with Crippen molar-refractivity contribution in [2.75, 3.05) is 0 Å². The van der Waals surface area contributed by atoms with Gasteiger partial charge in [-0.2, -0.15) is 0 Å². The zero-order valence-electron chi connectivity index (χ0n) is 15.3. The van der Waals surface area contributed by atoms with E-state index in [0.29, 0.717) is 12.0 Å². The first-order chi connectivity index (χ1) is 12.1. The van der Waals surface area contributed by atoms with Crippen molar-refractivity contribution in [1.29, 1.82) is 0 Å². The van der Waals surface area contributed by atoms with Gasteiger partial charge in [0.25, 0.3) is 0 Å². The first-order valence-corrected chi connectivity index (χ1v) is 9.35. The van der Waals surface area contributed by atoms with E-state index in [1.807, 2.05) is 19.1 Å². The monoisotopic (exact) mass is 342 g/mol. The first-order valence-electron chi connectivity index (χ1n) is 9.35. The second-order valence-corrected chi connectivity index (χ2v) is 6.59. The highest BCUT2D eigenvalue weighted by Crippen LogP contribution is 2.25. The number of benzene rings is 2. The lowest BCUT2D eigenvalue weighted by atomic mass is 10.0. The molecule has 2 aromatic carbocycles. The van der Waals surface area contributed by atoms with Crippen LogP contribution in [0, 0.1) is 0 Å². The molecule has 2 aromatic rings. The minimum Gasteiger partial charge on any atom is -0.209 e. The minimum atomic E-state index is -0.716. The summed E-state index contributed by atoms with van der Waals surface area (Å²) in [6.07, 6.45) is 5.85. The SMILES string of the molecule is CCCCC(F)=C(F)c1ccc(CCc2ccc(CCC)cc2)cc1. The van der Waals surface area contributed by atoms with Gasteiger partial charge in [-0.3, -0.25) is 0 Å². The lowest BCUT2D eigenvalue weighted by Gasteiger charge is -2.06. The maximum atomic E-state index is 14.0. The molecule has 0 saturated carbocycles. The fraction of sp³-hybridized carbons (Fsp3) is 0.391. The third-order valence-corrected chi connectivity index (χ3v) is 4.46. The molecule has 0 aliphatic heterocycles. The summed E-state index contributed by atoms with van der Waals surface area (Å²) in [4.78, 5) is 0. The molecule has 0 saturated heterocycles. The first kappa shape index (κ1) is 19.4. The zero-order chi connectivity index (χ0) is 18.1. The van der Waals surface area contributed by atoms with Crippen LogP contribution in [0.3, 0.4) is 0 Å². The van der Waals surface area contributed by atoms with Crippen LogP contribution in [-0.4, -0.2) is 0 Å². The van der Waals surface area contributed by atoms with E-state index in [9.17, 15) is 8.78 Å². The fourth-order valence-corrected chi connectivity index (χ4v) is 2.87. The van der Waals surface area contributed by atoms with Crippen LogP contribution >= 0.6 is 0 Å². The molecular formula is C23H28F2. The van der Waals surface area contributed by atoms with Crippen LogP contribution in [-0.2, 0) is 19.3 Å². The Labute approximate surface area is 150 Å². The van der Waals surface area contributed by atoms with E-state index in [4.69, 9.17) is 0 Å². The zero-order valence-corrected chi connectivity index (χ0v) is 15.3. The molecule has 0 heterocycles. The molecule has 0 aliphatic rings. The van der Waals surface area contributed by atoms with Crippen molar-refractivity contribution < 1.29 is 8.78 Å². The van der Waals surface area contributed by atoms with Crippen molar-refractivity contribution in [3.05, 3.63) is 76.6 Å². The molecule has 0 amide bonds. The van der Waals surface area contributed by atoms with Gasteiger partial charge < -0.3 is 0 Å². The van der Waals surface area contributed by atoms with Crippen LogP contribution in [0.4, 0.5) is 8.78 Å². The highest BCUT2D eigenvalue weighted by Gasteiger charge is 2.08. The van der Waals surface area contributed by atoms with Crippen molar-refractivity contribution in [2.45, 2.75) is 58.8 Å². The Morgan fingerprint density at radius 2 is 1.16 bits per heavy atom. The second-order valence-electron chi connectivity index (χ2n) is 6.59. The summed E-state index contributed by atoms with van der Waals surface area (Å²) in [6, 6.07) is 15.9. The molecule has 0 atom stereocenters. The van der Waals surface area contributed by atoms with Gasteiger partial charge in [0.1, 0.15) is 5.83 Å². The molecular weight excluding hydrogens is 314 g/mol. The van der Waals surface area contributed by atoms with E-state index in [2.05, 4.69) is 31.2 Å². The lowest BCUT2D eigenvalue weighted by molar-refractivity contribution is 0.548. The van der Waals surface area contributed by atoms with E-state index in [-0.39, 0.29) is 6.42 Å². The van der Waals surface area contributed by atoms with Crippen LogP contribution in [0.5, 0.6) is 0 Å². The van der Waals surface area contributed by atoms with Gasteiger partial charge in [-0.15, -0.1) is 0 Å². The maximum Gasteiger partial charge on any atom is 0.161 e. The van der Waals surface area contributed by atoms with Gasteiger partial charge in [0, 0.05) is 12.0 Å². The van der Waals surface area contributed by atoms with Crippen LogP contribution in [0.2, 0.25) is 0 Å². The Hall–Kier alpha value is -1.96. The van der Waals surface area contributed by atoms with Gasteiger partial charge in [0.2, 0.25) is 0 Å². The van der Waals surface area contributed by atoms with Crippen molar-refractivity contribution >= 4 is 5.83 Å². The standard InChI is InChI=1S/C23H28F2/c1-3-5-7-22(24)23(25)21-16-14-20(15-17-21)13-12-19-10-8-18(6-4-2)9-11-19/h8-11,14-17H,3-7,12-13H2,1-2H3. The molecule has 0 spiro atoms. The second kappa shape index (κ2) is 10.1. The summed E-state index contributed by atoms with van der Waals surface area (Å²) in [5, 5.41) is 0. The highest BCUT2D eigenvalue weighted by molar-refractivity contribution is 5.61. The van der Waals surface area contributed by atoms with Gasteiger partial charge in [0.15, 0.2) is 5.83 Å². The van der Waals surface area contributed by atoms with Gasteiger partial charge in [0.05, 0.1) is 0 Å². The lowest BCUT2D eigenvalue weighted by Crippen LogP contribution is -1.93. The molecule has 0 N–H and O–H groups in total. The van der Waals surface area contributed by atoms with E-state index in [0.717, 1.165) is 37.7 Å². The van der Waals surface area contributed by atoms with E-state index < -0.39 is 11.7 Å². The number of hydrogen-bond donors (Lipinski definition) is 0. The summed E-state index contributed by atoms with van der Waals surface area (Å²) in [7, 11) is 0. The smallest absolute Gasteiger partial charge is 0.161 e. The molecule has 0 bridgehead atoms. The van der Waals surface area contributed by atoms with Gasteiger partial charge in [-0.05, 0) is 42.4 Å². The summed E-state index contributed by atoms with van der Waals surface area (Å²) in [5.74, 6) is -1.35. The number of hydrogen-bond acceptors (Lipinski definition) is 0. The predicted octanol–water partition coefficient (Wildman–Crippen LogP) is 7.22. The van der Waals surface area contributed by atoms with E-state index >= 15 is 0 Å². The molecule has 0 aliphatic carbocycles. The number of allylic oxidation sites excluding steroid dienone is 1. The van der Waals surface area contributed by atoms with E-state index in [1.165, 1.54) is 11.1 Å². The number of rotatable bonds is 9. The normalized spacial score (nSPS) is 12.2. The molecule has 25 heavy (non-hydrogen) atoms. The van der Waals surface area contributed by atoms with E-state index in [1.54, 1.807) is 12.1 Å². The molecule has 0 nitrogen and oxygen atoms in total. The highest BCUT2D eigenvalue weighted by atomic mass is 19.2. The molecule has 0 aromatic heterocycles. The Bertz CT molecular complexity index is 666. The molecule has 0 fully saturated rings. The molecule has 2 rings (SSSR count). The van der Waals surface area contributed by atoms with Crippen molar-refractivity contribution in [3.8, 4) is 0 Å². The average molecular weight is 342 g/mol. The van der Waals surface area contributed by atoms with Crippen LogP contribution in [0.25, 0.3) is 5.83 Å². The summed E-state index contributed by atoms with van der Waals surface area (Å²) in [6.45, 7) is 4.16. The molecule has 2 heteroatoms. The fourth-order valence-electron chi connectivity index (χ4n) is 2.87. The van der Waals surface area contributed by atoms with Crippen molar-refractivity contribution in [3.63, 3.8) is 0 Å². The molecule has 134 valence electrons. The van der Waals surface area contributed by atoms with Crippen molar-refractivity contribution in [1.82, 2.24) is 0 Å². The number of unbranched alkanes of at least 4 members (excludes halogenated alkanes) is 1. The summed E-state index contributed by atoms with van der Waals surface area (Å²) < 4.78 is 27.8. The third kappa shape index (κ3) is 6.12. The van der Waals surface area contributed by atoms with Crippen LogP contribution in [0.1, 0.15) is 61.8 Å². The Morgan fingerprint density at radius 1 is 0.680 bits per heavy atom.